The van der Waals surface area contributed by atoms with Crippen molar-refractivity contribution in [2.75, 3.05) is 38.3 Å². The van der Waals surface area contributed by atoms with Gasteiger partial charge in [-0.05, 0) is 45.4 Å². The number of hydrogen-bond acceptors (Lipinski definition) is 9. The van der Waals surface area contributed by atoms with Crippen molar-refractivity contribution in [1.82, 2.24) is 24.8 Å². The monoisotopic (exact) mass is 532 g/mol. The van der Waals surface area contributed by atoms with E-state index in [1.165, 1.54) is 19.8 Å². The lowest BCUT2D eigenvalue weighted by atomic mass is 9.94. The van der Waals surface area contributed by atoms with Crippen LogP contribution in [-0.4, -0.2) is 75.9 Å². The van der Waals surface area contributed by atoms with Crippen LogP contribution in [0.3, 0.4) is 0 Å². The summed E-state index contributed by atoms with van der Waals surface area (Å²) >= 11 is 0. The molecule has 2 aliphatic heterocycles. The quantitative estimate of drug-likeness (QED) is 0.369. The van der Waals surface area contributed by atoms with Gasteiger partial charge < -0.3 is 24.0 Å². The number of anilines is 1. The number of piperazine rings is 1. The number of aryl methyl sites for hydroxylation is 1. The molecule has 202 valence electrons. The number of carbonyl (C=O) groups excluding carboxylic acids is 1. The number of nitrogens with zero attached hydrogens (tertiary/aromatic N) is 6. The summed E-state index contributed by atoms with van der Waals surface area (Å²) in [6.45, 7) is 9.04. The predicted molar refractivity (Wildman–Crippen MR) is 144 cm³/mol. The predicted octanol–water partition coefficient (Wildman–Crippen LogP) is 4.51. The Morgan fingerprint density at radius 3 is 2.67 bits per heavy atom. The van der Waals surface area contributed by atoms with E-state index >= 15 is 4.39 Å². The number of hydrogen-bond donors (Lipinski definition) is 0. The summed E-state index contributed by atoms with van der Waals surface area (Å²) in [4.78, 5) is 34.0. The molecule has 1 atom stereocenters. The highest BCUT2D eigenvalue weighted by Crippen LogP contribution is 2.44. The third-order valence-electron chi connectivity index (χ3n) is 7.07. The summed E-state index contributed by atoms with van der Waals surface area (Å²) in [6, 6.07) is 5.25. The fourth-order valence-electron chi connectivity index (χ4n) is 5.36. The highest BCUT2D eigenvalue weighted by molar-refractivity contribution is 6.04. The van der Waals surface area contributed by atoms with Crippen LogP contribution in [0.1, 0.15) is 26.3 Å². The molecule has 10 nitrogen and oxygen atoms in total. The molecule has 0 bridgehead atoms. The average Bonchev–Trinajstić information content (AvgIpc) is 3.06. The SMILES string of the molecule is COc1ncnc2ccc(C)c(-c3cc4c5c(ncnc5c3F)N3CCN(C(=O)OC(C)(C)C)C[C@H]3CO4)c12. The lowest BCUT2D eigenvalue weighted by molar-refractivity contribution is 0.0202. The molecule has 1 saturated heterocycles. The minimum atomic E-state index is -0.593. The molecular weight excluding hydrogens is 503 g/mol. The average molecular weight is 533 g/mol. The van der Waals surface area contributed by atoms with Gasteiger partial charge in [-0.25, -0.2) is 29.1 Å². The summed E-state index contributed by atoms with van der Waals surface area (Å²) in [5, 5.41) is 1.12. The molecule has 4 aromatic rings. The summed E-state index contributed by atoms with van der Waals surface area (Å²) in [5.41, 5.74) is 1.96. The van der Waals surface area contributed by atoms with Gasteiger partial charge in [-0.2, -0.15) is 0 Å². The molecule has 0 spiro atoms. The van der Waals surface area contributed by atoms with Crippen molar-refractivity contribution in [3.63, 3.8) is 0 Å². The molecule has 6 rings (SSSR count). The molecule has 2 aromatic carbocycles. The van der Waals surface area contributed by atoms with Gasteiger partial charge in [0.1, 0.15) is 41.9 Å². The number of ether oxygens (including phenoxy) is 3. The number of methoxy groups -OCH3 is 1. The van der Waals surface area contributed by atoms with Gasteiger partial charge in [0.2, 0.25) is 5.88 Å². The summed E-state index contributed by atoms with van der Waals surface area (Å²) in [6.07, 6.45) is 2.42. The van der Waals surface area contributed by atoms with E-state index in [2.05, 4.69) is 24.8 Å². The number of aromatic nitrogens is 4. The van der Waals surface area contributed by atoms with Gasteiger partial charge >= 0.3 is 6.09 Å². The van der Waals surface area contributed by atoms with Crippen molar-refractivity contribution in [3.05, 3.63) is 42.2 Å². The lowest BCUT2D eigenvalue weighted by Gasteiger charge is -2.41. The van der Waals surface area contributed by atoms with Gasteiger partial charge in [0.15, 0.2) is 5.82 Å². The fraction of sp³-hybridized carbons (Fsp3) is 0.393. The zero-order valence-corrected chi connectivity index (χ0v) is 22.5. The Balaban J connectivity index is 1.46. The Kier molecular flexibility index (Phi) is 5.89. The van der Waals surface area contributed by atoms with Gasteiger partial charge in [-0.15, -0.1) is 0 Å². The van der Waals surface area contributed by atoms with Gasteiger partial charge in [-0.1, -0.05) is 6.07 Å². The molecule has 11 heteroatoms. The second-order valence-corrected chi connectivity index (χ2v) is 10.8. The van der Waals surface area contributed by atoms with Gasteiger partial charge in [0.25, 0.3) is 0 Å². The van der Waals surface area contributed by atoms with Crippen LogP contribution < -0.4 is 14.4 Å². The molecule has 0 unspecified atom stereocenters. The Morgan fingerprint density at radius 1 is 1.10 bits per heavy atom. The standard InChI is InChI=1S/C28H29FN6O4/c1-15-6-7-18-21(26(37-5)33-13-30-18)20(15)17-10-19-22-24(23(17)29)31-14-32-25(22)35-9-8-34(11-16(35)12-38-19)27(36)39-28(2,3)4/h6-7,10,13-14,16H,8-9,11-12H2,1-5H3/t16-/m0/s1. The van der Waals surface area contributed by atoms with Crippen LogP contribution in [0.25, 0.3) is 32.9 Å². The molecule has 1 amide bonds. The molecule has 1 fully saturated rings. The van der Waals surface area contributed by atoms with Crippen LogP contribution in [0, 0.1) is 12.7 Å². The van der Waals surface area contributed by atoms with Crippen molar-refractivity contribution >= 4 is 33.7 Å². The third-order valence-corrected chi connectivity index (χ3v) is 7.07. The third kappa shape index (κ3) is 4.21. The van der Waals surface area contributed by atoms with E-state index < -0.39 is 11.4 Å². The molecular formula is C28H29FN6O4. The van der Waals surface area contributed by atoms with Crippen LogP contribution in [0.2, 0.25) is 0 Å². The van der Waals surface area contributed by atoms with E-state index in [1.807, 2.05) is 39.8 Å². The molecule has 2 aromatic heterocycles. The summed E-state index contributed by atoms with van der Waals surface area (Å²) < 4.78 is 33.8. The van der Waals surface area contributed by atoms with Crippen molar-refractivity contribution in [3.8, 4) is 22.8 Å². The topological polar surface area (TPSA) is 103 Å². The Hall–Kier alpha value is -4.28. The highest BCUT2D eigenvalue weighted by Gasteiger charge is 2.37. The maximum atomic E-state index is 16.4. The normalized spacial score (nSPS) is 17.0. The van der Waals surface area contributed by atoms with Crippen LogP contribution in [-0.2, 0) is 4.74 Å². The van der Waals surface area contributed by atoms with Crippen molar-refractivity contribution < 1.29 is 23.4 Å². The van der Waals surface area contributed by atoms with E-state index in [0.29, 0.717) is 64.5 Å². The second kappa shape index (κ2) is 9.18. The number of benzene rings is 2. The minimum Gasteiger partial charge on any atom is -0.490 e. The first-order chi connectivity index (χ1) is 18.7. The zero-order valence-electron chi connectivity index (χ0n) is 22.5. The highest BCUT2D eigenvalue weighted by atomic mass is 19.1. The van der Waals surface area contributed by atoms with Gasteiger partial charge in [0.05, 0.1) is 29.4 Å². The number of amides is 1. The van der Waals surface area contributed by atoms with E-state index in [1.54, 1.807) is 11.0 Å². The summed E-state index contributed by atoms with van der Waals surface area (Å²) in [7, 11) is 1.53. The molecule has 4 heterocycles. The first-order valence-electron chi connectivity index (χ1n) is 12.8. The van der Waals surface area contributed by atoms with E-state index in [4.69, 9.17) is 14.2 Å². The molecule has 39 heavy (non-hydrogen) atoms. The second-order valence-electron chi connectivity index (χ2n) is 10.8. The molecule has 0 N–H and O–H groups in total. The van der Waals surface area contributed by atoms with Crippen LogP contribution in [0.4, 0.5) is 15.0 Å². The molecule has 0 aliphatic carbocycles. The number of rotatable bonds is 2. The largest absolute Gasteiger partial charge is 0.490 e. The van der Waals surface area contributed by atoms with Crippen LogP contribution >= 0.6 is 0 Å². The molecule has 0 radical (unpaired) electrons. The van der Waals surface area contributed by atoms with Crippen molar-refractivity contribution in [1.29, 1.82) is 0 Å². The molecule has 0 saturated carbocycles. The Bertz CT molecular complexity index is 1620. The van der Waals surface area contributed by atoms with E-state index in [0.717, 1.165) is 5.56 Å². The maximum absolute atomic E-state index is 16.4. The van der Waals surface area contributed by atoms with E-state index in [9.17, 15) is 4.79 Å². The van der Waals surface area contributed by atoms with Crippen molar-refractivity contribution in [2.24, 2.45) is 0 Å². The van der Waals surface area contributed by atoms with Crippen LogP contribution in [0.5, 0.6) is 11.6 Å². The lowest BCUT2D eigenvalue weighted by Crippen LogP contribution is -2.57. The van der Waals surface area contributed by atoms with E-state index in [-0.39, 0.29) is 24.3 Å². The maximum Gasteiger partial charge on any atom is 0.410 e. The van der Waals surface area contributed by atoms with Crippen molar-refractivity contribution in [2.45, 2.75) is 39.3 Å². The Labute approximate surface area is 224 Å². The Morgan fingerprint density at radius 2 is 1.90 bits per heavy atom. The number of halogens is 1. The fourth-order valence-corrected chi connectivity index (χ4v) is 5.36. The minimum absolute atomic E-state index is 0.162. The number of fused-ring (bicyclic) bond motifs is 3. The van der Waals surface area contributed by atoms with Crippen LogP contribution in [0.15, 0.2) is 30.9 Å². The summed E-state index contributed by atoms with van der Waals surface area (Å²) in [5.74, 6) is 0.922. The van der Waals surface area contributed by atoms with Gasteiger partial charge in [0, 0.05) is 30.8 Å². The first kappa shape index (κ1) is 25.0. The smallest absolute Gasteiger partial charge is 0.410 e. The number of carbonyl (C=O) groups is 1. The molecule has 2 aliphatic rings. The van der Waals surface area contributed by atoms with Gasteiger partial charge in [-0.3, -0.25) is 0 Å². The first-order valence-corrected chi connectivity index (χ1v) is 12.8. The zero-order chi connectivity index (χ0) is 27.5.